The predicted octanol–water partition coefficient (Wildman–Crippen LogP) is 0.613. The summed E-state index contributed by atoms with van der Waals surface area (Å²) in [7, 11) is -3.77. The number of amides is 1. The van der Waals surface area contributed by atoms with E-state index in [0.29, 0.717) is 16.4 Å². The van der Waals surface area contributed by atoms with Crippen LogP contribution in [0.2, 0.25) is 0 Å². The smallest absolute Gasteiger partial charge is 0.261 e. The highest BCUT2D eigenvalue weighted by molar-refractivity contribution is 7.89. The van der Waals surface area contributed by atoms with Crippen LogP contribution in [-0.2, 0) is 14.8 Å². The number of primary sulfonamides is 1. The van der Waals surface area contributed by atoms with Crippen molar-refractivity contribution in [3.05, 3.63) is 15.8 Å². The van der Waals surface area contributed by atoms with E-state index in [2.05, 4.69) is 5.32 Å². The van der Waals surface area contributed by atoms with E-state index in [1.807, 2.05) is 0 Å². The van der Waals surface area contributed by atoms with Crippen LogP contribution in [0.1, 0.15) is 27.4 Å². The van der Waals surface area contributed by atoms with Crippen molar-refractivity contribution in [1.29, 1.82) is 0 Å². The second kappa shape index (κ2) is 5.58. The molecule has 2 heterocycles. The van der Waals surface area contributed by atoms with Gasteiger partial charge in [-0.25, -0.2) is 13.6 Å². The van der Waals surface area contributed by atoms with Crippen molar-refractivity contribution in [3.8, 4) is 0 Å². The third-order valence-corrected chi connectivity index (χ3v) is 5.11. The molecule has 1 aliphatic heterocycles. The number of carbonyl (C=O) groups excluding carboxylic acids is 1. The first kappa shape index (κ1) is 14.4. The molecule has 1 saturated heterocycles. The second-order valence-electron chi connectivity index (χ2n) is 4.46. The lowest BCUT2D eigenvalue weighted by molar-refractivity contribution is 0.0626. The molecule has 106 valence electrons. The minimum Gasteiger partial charge on any atom is -0.379 e. The summed E-state index contributed by atoms with van der Waals surface area (Å²) in [5.74, 6) is -0.279. The summed E-state index contributed by atoms with van der Waals surface area (Å²) in [5, 5.41) is 7.92. The van der Waals surface area contributed by atoms with Crippen molar-refractivity contribution in [2.75, 3.05) is 13.2 Å². The number of nitrogens with two attached hydrogens (primary N) is 1. The summed E-state index contributed by atoms with van der Waals surface area (Å²) in [5.41, 5.74) is 0. The summed E-state index contributed by atoms with van der Waals surface area (Å²) in [6, 6.07) is 1.32. The number of hydrogen-bond acceptors (Lipinski definition) is 5. The topological polar surface area (TPSA) is 98.5 Å². The Kier molecular flexibility index (Phi) is 4.24. The molecule has 6 nitrogen and oxygen atoms in total. The van der Waals surface area contributed by atoms with E-state index in [1.54, 1.807) is 6.92 Å². The maximum absolute atomic E-state index is 12.0. The van der Waals surface area contributed by atoms with Gasteiger partial charge in [-0.05, 0) is 25.8 Å². The van der Waals surface area contributed by atoms with E-state index < -0.39 is 10.0 Å². The third-order valence-electron chi connectivity index (χ3n) is 2.90. The maximum Gasteiger partial charge on any atom is 0.261 e. The maximum atomic E-state index is 12.0. The highest BCUT2D eigenvalue weighted by Gasteiger charge is 2.22. The number of nitrogens with one attached hydrogen (secondary N) is 1. The molecule has 3 N–H and O–H groups in total. The van der Waals surface area contributed by atoms with Gasteiger partial charge in [-0.15, -0.1) is 11.3 Å². The number of thiophene rings is 1. The molecule has 1 aliphatic rings. The van der Waals surface area contributed by atoms with Crippen molar-refractivity contribution in [3.63, 3.8) is 0 Å². The van der Waals surface area contributed by atoms with Crippen LogP contribution in [0.15, 0.2) is 11.0 Å². The van der Waals surface area contributed by atoms with E-state index in [9.17, 15) is 13.2 Å². The summed E-state index contributed by atoms with van der Waals surface area (Å²) < 4.78 is 27.9. The summed E-state index contributed by atoms with van der Waals surface area (Å²) in [4.78, 5) is 12.9. The lowest BCUT2D eigenvalue weighted by Gasteiger charge is -2.22. The van der Waals surface area contributed by atoms with Gasteiger partial charge in [0.05, 0.1) is 22.4 Å². The van der Waals surface area contributed by atoms with Crippen LogP contribution in [0, 0.1) is 6.92 Å². The molecule has 1 unspecified atom stereocenters. The van der Waals surface area contributed by atoms with Crippen LogP contribution in [0.4, 0.5) is 0 Å². The predicted molar refractivity (Wildman–Crippen MR) is 71.7 cm³/mol. The molecule has 1 aromatic heterocycles. The molecule has 1 atom stereocenters. The average molecular weight is 304 g/mol. The van der Waals surface area contributed by atoms with Crippen molar-refractivity contribution in [2.45, 2.75) is 30.7 Å². The van der Waals surface area contributed by atoms with Gasteiger partial charge in [-0.2, -0.15) is 0 Å². The summed E-state index contributed by atoms with van der Waals surface area (Å²) >= 11 is 1.13. The zero-order valence-electron chi connectivity index (χ0n) is 10.5. The van der Waals surface area contributed by atoms with Crippen molar-refractivity contribution < 1.29 is 17.9 Å². The number of sulfonamides is 1. The fourth-order valence-corrected chi connectivity index (χ4v) is 4.02. The highest BCUT2D eigenvalue weighted by atomic mass is 32.2. The molecule has 1 amide bonds. The molecule has 0 aliphatic carbocycles. The molecule has 8 heteroatoms. The van der Waals surface area contributed by atoms with Crippen molar-refractivity contribution >= 4 is 27.3 Å². The molecule has 0 aromatic carbocycles. The molecule has 2 rings (SSSR count). The summed E-state index contributed by atoms with van der Waals surface area (Å²) in [6.45, 7) is 2.85. The lowest BCUT2D eigenvalue weighted by Crippen LogP contribution is -2.40. The van der Waals surface area contributed by atoms with Gasteiger partial charge in [0.15, 0.2) is 0 Å². The van der Waals surface area contributed by atoms with Crippen LogP contribution < -0.4 is 10.5 Å². The minimum atomic E-state index is -3.77. The third kappa shape index (κ3) is 3.53. The Bertz CT molecular complexity index is 574. The van der Waals surface area contributed by atoms with Crippen LogP contribution in [-0.4, -0.2) is 33.6 Å². The van der Waals surface area contributed by atoms with Crippen LogP contribution >= 0.6 is 11.3 Å². The Labute approximate surface area is 116 Å². The van der Waals surface area contributed by atoms with Gasteiger partial charge in [0.25, 0.3) is 5.91 Å². The van der Waals surface area contributed by atoms with Gasteiger partial charge in [-0.1, -0.05) is 0 Å². The average Bonchev–Trinajstić information content (AvgIpc) is 2.72. The highest BCUT2D eigenvalue weighted by Crippen LogP contribution is 2.25. The Morgan fingerprint density at radius 3 is 2.84 bits per heavy atom. The first-order valence-corrected chi connectivity index (χ1v) is 8.26. The second-order valence-corrected chi connectivity index (χ2v) is 7.25. The van der Waals surface area contributed by atoms with E-state index in [4.69, 9.17) is 9.88 Å². The van der Waals surface area contributed by atoms with Crippen LogP contribution in [0.25, 0.3) is 0 Å². The Hall–Kier alpha value is -0.960. The van der Waals surface area contributed by atoms with Crippen LogP contribution in [0.3, 0.4) is 0 Å². The minimum absolute atomic E-state index is 0.0124. The van der Waals surface area contributed by atoms with E-state index >= 15 is 0 Å². The molecule has 0 saturated carbocycles. The van der Waals surface area contributed by atoms with E-state index in [0.717, 1.165) is 30.8 Å². The van der Waals surface area contributed by atoms with E-state index in [1.165, 1.54) is 6.07 Å². The molecular weight excluding hydrogens is 288 g/mol. The van der Waals surface area contributed by atoms with Gasteiger partial charge in [-0.3, -0.25) is 4.79 Å². The fraction of sp³-hybridized carbons (Fsp3) is 0.545. The molecule has 1 fully saturated rings. The lowest BCUT2D eigenvalue weighted by atomic mass is 10.1. The fourth-order valence-electron chi connectivity index (χ4n) is 1.97. The van der Waals surface area contributed by atoms with Crippen molar-refractivity contribution in [2.24, 2.45) is 5.14 Å². The standard InChI is InChI=1S/C11H16N2O4S2/c1-7-10(19(12,15)16)5-9(18-7)11(14)13-8-3-2-4-17-6-8/h5,8H,2-4,6H2,1H3,(H,13,14)(H2,12,15,16). The van der Waals surface area contributed by atoms with Gasteiger partial charge >= 0.3 is 0 Å². The number of hydrogen-bond donors (Lipinski definition) is 2. The van der Waals surface area contributed by atoms with Gasteiger partial charge in [0.2, 0.25) is 10.0 Å². The Morgan fingerprint density at radius 1 is 1.58 bits per heavy atom. The number of aryl methyl sites for hydroxylation is 1. The van der Waals surface area contributed by atoms with E-state index in [-0.39, 0.29) is 16.8 Å². The molecular formula is C11H16N2O4S2. The number of rotatable bonds is 3. The molecule has 1 aromatic rings. The monoisotopic (exact) mass is 304 g/mol. The number of carbonyl (C=O) groups is 1. The summed E-state index contributed by atoms with van der Waals surface area (Å²) in [6.07, 6.45) is 1.79. The number of ether oxygens (including phenoxy) is 1. The zero-order valence-corrected chi connectivity index (χ0v) is 12.1. The molecule has 0 spiro atoms. The quantitative estimate of drug-likeness (QED) is 0.855. The first-order chi connectivity index (χ1) is 8.88. The first-order valence-electron chi connectivity index (χ1n) is 5.90. The van der Waals surface area contributed by atoms with Crippen molar-refractivity contribution in [1.82, 2.24) is 5.32 Å². The van der Waals surface area contributed by atoms with Gasteiger partial charge < -0.3 is 10.1 Å². The largest absolute Gasteiger partial charge is 0.379 e. The van der Waals surface area contributed by atoms with Gasteiger partial charge in [0, 0.05) is 11.5 Å². The Balaban J connectivity index is 2.11. The zero-order chi connectivity index (χ0) is 14.0. The normalized spacial score (nSPS) is 20.2. The van der Waals surface area contributed by atoms with Gasteiger partial charge in [0.1, 0.15) is 0 Å². The molecule has 0 radical (unpaired) electrons. The Morgan fingerprint density at radius 2 is 2.32 bits per heavy atom. The molecule has 19 heavy (non-hydrogen) atoms. The molecule has 0 bridgehead atoms. The van der Waals surface area contributed by atoms with Crippen LogP contribution in [0.5, 0.6) is 0 Å². The SMILES string of the molecule is Cc1sc(C(=O)NC2CCCOC2)cc1S(N)(=O)=O.